The largest absolute Gasteiger partial charge is 3.00 e. The minimum absolute atomic E-state index is 0. The maximum Gasteiger partial charge on any atom is 3.00 e. The van der Waals surface area contributed by atoms with Crippen LogP contribution in [0.15, 0.2) is 0 Å². The summed E-state index contributed by atoms with van der Waals surface area (Å²) in [6, 6.07) is 0. The van der Waals surface area contributed by atoms with E-state index in [4.69, 9.17) is 4.74 Å². The van der Waals surface area contributed by atoms with Crippen LogP contribution >= 0.6 is 0 Å². The van der Waals surface area contributed by atoms with Crippen LogP contribution in [0.1, 0.15) is 0 Å². The summed E-state index contributed by atoms with van der Waals surface area (Å²) < 4.78 is 5.17. The van der Waals surface area contributed by atoms with Gasteiger partial charge in [-0.25, -0.2) is 0 Å². The van der Waals surface area contributed by atoms with E-state index in [1.165, 1.54) is 0 Å². The van der Waals surface area contributed by atoms with Crippen LogP contribution in [-0.2, 0) is 26.5 Å². The average molecular weight is 291 g/mol. The molecule has 1 fully saturated rings. The van der Waals surface area contributed by atoms with Gasteiger partial charge in [0, 0.05) is 26.7 Å². The maximum absolute atomic E-state index is 5.17. The van der Waals surface area contributed by atoms with Gasteiger partial charge in [0.25, 0.3) is 0 Å². The van der Waals surface area contributed by atoms with Gasteiger partial charge in [-0.1, -0.05) is 0 Å². The number of halogens is 2. The quantitative estimate of drug-likeness (QED) is 0.489. The third kappa shape index (κ3) is 10.0. The predicted molar refractivity (Wildman–Crippen MR) is 49.4 cm³/mol. The van der Waals surface area contributed by atoms with Crippen LogP contribution in [-0.4, -0.2) is 58.0 Å². The molecule has 1 aliphatic rings. The van der Waals surface area contributed by atoms with Crippen molar-refractivity contribution in [3.8, 4) is 0 Å². The summed E-state index contributed by atoms with van der Waals surface area (Å²) in [7, 11) is 3.82. The average Bonchev–Trinajstić information content (AvgIpc) is 2.17. The summed E-state index contributed by atoms with van der Waals surface area (Å²) >= 11 is 0. The zero-order chi connectivity index (χ0) is 8.81. The van der Waals surface area contributed by atoms with Crippen molar-refractivity contribution in [3.05, 3.63) is 5.32 Å². The van der Waals surface area contributed by atoms with Crippen molar-refractivity contribution in [2.24, 2.45) is 0 Å². The van der Waals surface area contributed by atoms with Crippen LogP contribution in [0, 0.1) is 0 Å². The molecule has 0 spiro atoms. The summed E-state index contributed by atoms with van der Waals surface area (Å²) in [4.78, 5) is 2.27. The Morgan fingerprint density at radius 3 is 2.60 bits per heavy atom. The number of nitrogens with zero attached hydrogens (tertiary/aromatic N) is 2. The van der Waals surface area contributed by atoms with Gasteiger partial charge in [0.2, 0.25) is 0 Å². The van der Waals surface area contributed by atoms with Crippen molar-refractivity contribution < 1.29 is 51.3 Å². The Bertz CT molecular complexity index is 134. The molecule has 0 saturated carbocycles. The number of nitrogens with one attached hydrogen (secondary N) is 1. The molecule has 0 amide bonds. The number of hydrogen-bond acceptors (Lipinski definition) is 3. The Morgan fingerprint density at radius 1 is 1.33 bits per heavy atom. The third-order valence-electron chi connectivity index (χ3n) is 2.08. The molecule has 7 heteroatoms. The van der Waals surface area contributed by atoms with Gasteiger partial charge < -0.3 is 45.1 Å². The van der Waals surface area contributed by atoms with Crippen molar-refractivity contribution in [2.75, 3.05) is 46.9 Å². The summed E-state index contributed by atoms with van der Waals surface area (Å²) in [5.74, 6) is 0. The topological polar surface area (TPSA) is 38.6 Å². The van der Waals surface area contributed by atoms with E-state index in [-0.39, 0.29) is 52.8 Å². The molecule has 1 saturated heterocycles. The monoisotopic (exact) mass is 290 g/mol. The molecule has 1 N–H and O–H groups in total. The molecule has 1 atom stereocenters. The fourth-order valence-corrected chi connectivity index (χ4v) is 1.20. The number of rotatable bonds is 1. The van der Waals surface area contributed by atoms with E-state index in [0.717, 1.165) is 32.7 Å². The second-order valence-corrected chi connectivity index (χ2v) is 3.10. The van der Waals surface area contributed by atoms with Crippen LogP contribution in [0.4, 0.5) is 0 Å². The molecule has 1 rings (SSSR count). The zero-order valence-electron chi connectivity index (χ0n) is 9.17. The van der Waals surface area contributed by atoms with Gasteiger partial charge in [0.1, 0.15) is 0 Å². The molecule has 0 aromatic rings. The van der Waals surface area contributed by atoms with Gasteiger partial charge in [0.05, 0.1) is 0 Å². The third-order valence-corrected chi connectivity index (χ3v) is 2.08. The fraction of sp³-hybridized carbons (Fsp3) is 1.00. The molecule has 1 aliphatic heterocycles. The van der Waals surface area contributed by atoms with Crippen LogP contribution in [0.3, 0.4) is 0 Å². The van der Waals surface area contributed by atoms with Crippen LogP contribution in [0.25, 0.3) is 5.32 Å². The molecule has 1 heterocycles. The molecule has 89 valence electrons. The first-order valence-corrected chi connectivity index (χ1v) is 4.41. The first-order valence-electron chi connectivity index (χ1n) is 4.41. The summed E-state index contributed by atoms with van der Waals surface area (Å²) in [6.07, 6.45) is 0.0384. The van der Waals surface area contributed by atoms with E-state index in [2.05, 4.69) is 22.6 Å². The van der Waals surface area contributed by atoms with Crippen molar-refractivity contribution in [1.82, 2.24) is 10.2 Å². The standard InChI is InChI=1S/C8H18N3O.2ClH.Ti/c1-11-5-3-9-7-8(12-2)10-4-6-11;;;/h8-9H,3-7H2,1-2H3;2*1H;/q-1;;;+3/p-2. The second kappa shape index (κ2) is 13.2. The Labute approximate surface area is 120 Å². The summed E-state index contributed by atoms with van der Waals surface area (Å²) in [6.45, 7) is 4.85. The summed E-state index contributed by atoms with van der Waals surface area (Å²) in [5.41, 5.74) is 0. The first kappa shape index (κ1) is 21.4. The zero-order valence-corrected chi connectivity index (χ0v) is 12.2. The van der Waals surface area contributed by atoms with Gasteiger partial charge in [-0.15, -0.1) is 6.54 Å². The van der Waals surface area contributed by atoms with Crippen LogP contribution < -0.4 is 30.1 Å². The van der Waals surface area contributed by atoms with Crippen molar-refractivity contribution in [3.63, 3.8) is 0 Å². The Morgan fingerprint density at radius 2 is 2.00 bits per heavy atom. The second-order valence-electron chi connectivity index (χ2n) is 3.10. The molecular weight excluding hydrogens is 273 g/mol. The molecule has 1 radical (unpaired) electrons. The molecule has 0 aromatic carbocycles. The van der Waals surface area contributed by atoms with E-state index >= 15 is 0 Å². The Kier molecular flexibility index (Phi) is 18.9. The van der Waals surface area contributed by atoms with Gasteiger partial charge in [-0.2, -0.15) is 0 Å². The molecule has 0 aliphatic carbocycles. The minimum atomic E-state index is 0. The maximum atomic E-state index is 5.17. The number of hydrogen-bond donors (Lipinski definition) is 1. The van der Waals surface area contributed by atoms with E-state index in [1.54, 1.807) is 7.11 Å². The van der Waals surface area contributed by atoms with Gasteiger partial charge in [0.15, 0.2) is 0 Å². The van der Waals surface area contributed by atoms with Crippen molar-refractivity contribution >= 4 is 0 Å². The predicted octanol–water partition coefficient (Wildman–Crippen LogP) is -6.13. The number of ether oxygens (including phenoxy) is 1. The van der Waals surface area contributed by atoms with E-state index < -0.39 is 0 Å². The van der Waals surface area contributed by atoms with Gasteiger partial charge >= 0.3 is 21.7 Å². The number of methoxy groups -OCH3 is 1. The van der Waals surface area contributed by atoms with Crippen molar-refractivity contribution in [2.45, 2.75) is 6.23 Å². The molecular formula is C8H18Cl2N3OTi. The van der Waals surface area contributed by atoms with Crippen molar-refractivity contribution in [1.29, 1.82) is 0 Å². The SMILES string of the molecule is COC1CNCCN(C)CC[N-]1.[Cl-].[Cl-].[Ti+3]. The van der Waals surface area contributed by atoms with E-state index in [1.807, 2.05) is 0 Å². The van der Waals surface area contributed by atoms with E-state index in [9.17, 15) is 0 Å². The molecule has 0 bridgehead atoms. The van der Waals surface area contributed by atoms with Gasteiger partial charge in [-0.3, -0.25) is 0 Å². The minimum Gasteiger partial charge on any atom is -1.00 e. The first-order chi connectivity index (χ1) is 5.83. The number of likely N-dealkylation sites (N-methyl/N-ethyl adjacent to an activating group) is 1. The Balaban J connectivity index is -0.000000480. The normalized spacial score (nSPS) is 23.2. The molecule has 1 unspecified atom stereocenters. The fourth-order valence-electron chi connectivity index (χ4n) is 1.20. The van der Waals surface area contributed by atoms with Gasteiger partial charge in [-0.05, 0) is 19.8 Å². The summed E-state index contributed by atoms with van der Waals surface area (Å²) in [5, 5.41) is 7.68. The van der Waals surface area contributed by atoms with E-state index in [0.29, 0.717) is 0 Å². The molecule has 15 heavy (non-hydrogen) atoms. The molecule has 4 nitrogen and oxygen atoms in total. The van der Waals surface area contributed by atoms with Crippen LogP contribution in [0.5, 0.6) is 0 Å². The molecule has 0 aromatic heterocycles. The smallest absolute Gasteiger partial charge is 1.00 e. The Hall–Kier alpha value is 1.13. The van der Waals surface area contributed by atoms with Crippen LogP contribution in [0.2, 0.25) is 0 Å².